The van der Waals surface area contributed by atoms with Crippen molar-refractivity contribution in [1.29, 1.82) is 0 Å². The van der Waals surface area contributed by atoms with E-state index >= 15 is 0 Å². The topological polar surface area (TPSA) is 84.6 Å². The molecule has 2 rings (SSSR count). The molecule has 0 aromatic heterocycles. The zero-order chi connectivity index (χ0) is 15.4. The van der Waals surface area contributed by atoms with Crippen LogP contribution in [0.1, 0.15) is 15.9 Å². The number of halogens is 1. The monoisotopic (exact) mass is 306 g/mol. The van der Waals surface area contributed by atoms with Crippen molar-refractivity contribution in [2.45, 2.75) is 6.54 Å². The molecule has 5 nitrogen and oxygen atoms in total. The van der Waals surface area contributed by atoms with E-state index in [4.69, 9.17) is 22.1 Å². The van der Waals surface area contributed by atoms with Crippen molar-refractivity contribution in [3.8, 4) is 11.5 Å². The number of primary amides is 1. The van der Waals surface area contributed by atoms with Gasteiger partial charge in [0, 0.05) is 12.2 Å². The number of carbonyl (C=O) groups excluding carboxylic acids is 1. The van der Waals surface area contributed by atoms with E-state index in [9.17, 15) is 9.90 Å². The molecule has 0 spiro atoms. The van der Waals surface area contributed by atoms with Gasteiger partial charge in [-0.05, 0) is 35.9 Å². The van der Waals surface area contributed by atoms with E-state index in [0.29, 0.717) is 17.3 Å². The molecule has 0 saturated heterocycles. The number of anilines is 1. The number of benzene rings is 2. The molecule has 0 aliphatic heterocycles. The molecule has 0 heterocycles. The number of phenolic OH excluding ortho intramolecular Hbond substituents is 1. The maximum Gasteiger partial charge on any atom is 0.250 e. The maximum absolute atomic E-state index is 11.2. The molecule has 4 N–H and O–H groups in total. The predicted octanol–water partition coefficient (Wildman–Crippen LogP) is 2.77. The van der Waals surface area contributed by atoms with Crippen molar-refractivity contribution >= 4 is 23.2 Å². The van der Waals surface area contributed by atoms with Gasteiger partial charge in [-0.3, -0.25) is 4.79 Å². The second-order valence-corrected chi connectivity index (χ2v) is 4.83. The molecule has 0 unspecified atom stereocenters. The molecule has 0 radical (unpaired) electrons. The first-order valence-corrected chi connectivity index (χ1v) is 6.58. The quantitative estimate of drug-likeness (QED) is 0.793. The minimum atomic E-state index is -0.574. The number of hydrogen-bond acceptors (Lipinski definition) is 4. The fourth-order valence-corrected chi connectivity index (χ4v) is 2.07. The summed E-state index contributed by atoms with van der Waals surface area (Å²) in [4.78, 5) is 11.2. The number of aromatic hydroxyl groups is 1. The Labute approximate surface area is 127 Å². The highest BCUT2D eigenvalue weighted by atomic mass is 35.5. The minimum absolute atomic E-state index is 0.0868. The number of carbonyl (C=O) groups is 1. The standard InChI is InChI=1S/C15H15ClN2O3/c1-21-14-6-9(2-5-13(14)19)8-18-10-3-4-12(16)11(7-10)15(17)20/h2-7,18-19H,8H2,1H3,(H2,17,20). The van der Waals surface area contributed by atoms with Gasteiger partial charge in [-0.1, -0.05) is 17.7 Å². The smallest absolute Gasteiger partial charge is 0.250 e. The SMILES string of the molecule is COc1cc(CNc2ccc(Cl)c(C(N)=O)c2)ccc1O. The van der Waals surface area contributed by atoms with Crippen LogP contribution in [0, 0.1) is 0 Å². The zero-order valence-corrected chi connectivity index (χ0v) is 12.1. The highest BCUT2D eigenvalue weighted by Crippen LogP contribution is 2.27. The van der Waals surface area contributed by atoms with Crippen LogP contribution in [0.2, 0.25) is 5.02 Å². The molecule has 2 aromatic carbocycles. The summed E-state index contributed by atoms with van der Waals surface area (Å²) in [5.41, 5.74) is 7.16. The van der Waals surface area contributed by atoms with E-state index in [-0.39, 0.29) is 11.3 Å². The number of nitrogens with two attached hydrogens (primary N) is 1. The molecule has 110 valence electrons. The highest BCUT2D eigenvalue weighted by Gasteiger charge is 2.08. The van der Waals surface area contributed by atoms with Gasteiger partial charge in [0.05, 0.1) is 17.7 Å². The van der Waals surface area contributed by atoms with Gasteiger partial charge in [0.15, 0.2) is 11.5 Å². The molecule has 2 aromatic rings. The Morgan fingerprint density at radius 3 is 2.76 bits per heavy atom. The van der Waals surface area contributed by atoms with E-state index in [0.717, 1.165) is 11.3 Å². The second-order valence-electron chi connectivity index (χ2n) is 4.42. The predicted molar refractivity (Wildman–Crippen MR) is 82.0 cm³/mol. The van der Waals surface area contributed by atoms with E-state index in [1.165, 1.54) is 7.11 Å². The van der Waals surface area contributed by atoms with Gasteiger partial charge >= 0.3 is 0 Å². The lowest BCUT2D eigenvalue weighted by Gasteiger charge is -2.10. The lowest BCUT2D eigenvalue weighted by molar-refractivity contribution is 0.100. The summed E-state index contributed by atoms with van der Waals surface area (Å²) in [6.07, 6.45) is 0. The Morgan fingerprint density at radius 2 is 2.10 bits per heavy atom. The fraction of sp³-hybridized carbons (Fsp3) is 0.133. The van der Waals surface area contributed by atoms with Gasteiger partial charge in [0.1, 0.15) is 0 Å². The average Bonchev–Trinajstić information content (AvgIpc) is 2.47. The van der Waals surface area contributed by atoms with Crippen molar-refractivity contribution in [3.63, 3.8) is 0 Å². The number of nitrogens with one attached hydrogen (secondary N) is 1. The van der Waals surface area contributed by atoms with E-state index in [2.05, 4.69) is 5.32 Å². The summed E-state index contributed by atoms with van der Waals surface area (Å²) in [5, 5.41) is 13.0. The molecule has 0 fully saturated rings. The molecule has 0 aliphatic carbocycles. The normalized spacial score (nSPS) is 10.2. The van der Waals surface area contributed by atoms with Crippen molar-refractivity contribution < 1.29 is 14.6 Å². The molecule has 0 saturated carbocycles. The van der Waals surface area contributed by atoms with Gasteiger partial charge in [-0.2, -0.15) is 0 Å². The first-order valence-electron chi connectivity index (χ1n) is 6.20. The first-order chi connectivity index (χ1) is 10.0. The number of phenols is 1. The summed E-state index contributed by atoms with van der Waals surface area (Å²) in [6, 6.07) is 10.0. The number of rotatable bonds is 5. The van der Waals surface area contributed by atoms with Crippen LogP contribution in [-0.2, 0) is 6.54 Å². The third-order valence-electron chi connectivity index (χ3n) is 2.97. The zero-order valence-electron chi connectivity index (χ0n) is 11.4. The van der Waals surface area contributed by atoms with Crippen LogP contribution in [-0.4, -0.2) is 18.1 Å². The highest BCUT2D eigenvalue weighted by molar-refractivity contribution is 6.33. The van der Waals surface area contributed by atoms with Crippen molar-refractivity contribution in [2.75, 3.05) is 12.4 Å². The third-order valence-corrected chi connectivity index (χ3v) is 3.30. The second kappa shape index (κ2) is 6.37. The van der Waals surface area contributed by atoms with Crippen molar-refractivity contribution in [1.82, 2.24) is 0 Å². The van der Waals surface area contributed by atoms with Crippen LogP contribution in [0.4, 0.5) is 5.69 Å². The Bertz CT molecular complexity index is 674. The maximum atomic E-state index is 11.2. The number of methoxy groups -OCH3 is 1. The van der Waals surface area contributed by atoms with Gasteiger partial charge < -0.3 is 20.9 Å². The van der Waals surface area contributed by atoms with Gasteiger partial charge in [0.2, 0.25) is 5.91 Å². The Hall–Kier alpha value is -2.40. The van der Waals surface area contributed by atoms with Crippen LogP contribution in [0.25, 0.3) is 0 Å². The third kappa shape index (κ3) is 3.58. The Balaban J connectivity index is 2.13. The summed E-state index contributed by atoms with van der Waals surface area (Å²) < 4.78 is 5.05. The Kier molecular flexibility index (Phi) is 4.55. The minimum Gasteiger partial charge on any atom is -0.504 e. The van der Waals surface area contributed by atoms with Gasteiger partial charge in [0.25, 0.3) is 0 Å². The van der Waals surface area contributed by atoms with E-state index in [1.54, 1.807) is 36.4 Å². The summed E-state index contributed by atoms with van der Waals surface area (Å²) in [7, 11) is 1.49. The van der Waals surface area contributed by atoms with Crippen molar-refractivity contribution in [2.24, 2.45) is 5.73 Å². The summed E-state index contributed by atoms with van der Waals surface area (Å²) in [6.45, 7) is 0.497. The molecule has 0 atom stereocenters. The van der Waals surface area contributed by atoms with Gasteiger partial charge in [-0.15, -0.1) is 0 Å². The van der Waals surface area contributed by atoms with Crippen LogP contribution < -0.4 is 15.8 Å². The lowest BCUT2D eigenvalue weighted by Crippen LogP contribution is -2.12. The largest absolute Gasteiger partial charge is 0.504 e. The van der Waals surface area contributed by atoms with Crippen LogP contribution >= 0.6 is 11.6 Å². The van der Waals surface area contributed by atoms with E-state index < -0.39 is 5.91 Å². The number of hydrogen-bond donors (Lipinski definition) is 3. The first kappa shape index (κ1) is 15.0. The molecular weight excluding hydrogens is 292 g/mol. The van der Waals surface area contributed by atoms with Crippen molar-refractivity contribution in [3.05, 3.63) is 52.5 Å². The van der Waals surface area contributed by atoms with Crippen LogP contribution in [0.5, 0.6) is 11.5 Å². The molecule has 0 aliphatic rings. The van der Waals surface area contributed by atoms with E-state index in [1.807, 2.05) is 0 Å². The molecule has 0 bridgehead atoms. The van der Waals surface area contributed by atoms with Crippen LogP contribution in [0.3, 0.4) is 0 Å². The summed E-state index contributed by atoms with van der Waals surface area (Å²) >= 11 is 5.89. The number of ether oxygens (including phenoxy) is 1. The fourth-order valence-electron chi connectivity index (χ4n) is 1.86. The van der Waals surface area contributed by atoms with Crippen LogP contribution in [0.15, 0.2) is 36.4 Å². The number of amides is 1. The van der Waals surface area contributed by atoms with Gasteiger partial charge in [-0.25, -0.2) is 0 Å². The lowest BCUT2D eigenvalue weighted by atomic mass is 10.1. The Morgan fingerprint density at radius 1 is 1.33 bits per heavy atom. The molecule has 21 heavy (non-hydrogen) atoms. The molecular formula is C15H15ClN2O3. The summed E-state index contributed by atoms with van der Waals surface area (Å²) in [5.74, 6) is -0.0815. The molecule has 1 amide bonds. The average molecular weight is 307 g/mol. The molecule has 6 heteroatoms.